The van der Waals surface area contributed by atoms with Gasteiger partial charge in [0, 0.05) is 18.7 Å². The van der Waals surface area contributed by atoms with Crippen molar-refractivity contribution in [1.82, 2.24) is 15.5 Å². The Kier molecular flexibility index (Phi) is 3.50. The molecule has 0 saturated carbocycles. The average molecular weight is 213 g/mol. The van der Waals surface area contributed by atoms with Crippen LogP contribution < -0.4 is 10.6 Å². The summed E-state index contributed by atoms with van der Waals surface area (Å²) in [5.74, 6) is 0. The summed E-state index contributed by atoms with van der Waals surface area (Å²) < 4.78 is 0. The monoisotopic (exact) mass is 213 g/mol. The molecule has 2 N–H and O–H groups in total. The highest BCUT2D eigenvalue weighted by Gasteiger charge is 2.21. The first-order chi connectivity index (χ1) is 6.39. The molecule has 1 heterocycles. The molecule has 0 spiro atoms. The quantitative estimate of drug-likeness (QED) is 0.686. The largest absolute Gasteiger partial charge is 0.354 e. The summed E-state index contributed by atoms with van der Waals surface area (Å²) in [5.41, 5.74) is 1.19. The van der Waals surface area contributed by atoms with Gasteiger partial charge in [0.25, 0.3) is 0 Å². The lowest BCUT2D eigenvalue weighted by atomic mass is 10.0. The molecule has 4 heteroatoms. The molecule has 0 radical (unpaired) electrons. The Labute approximate surface area is 91.5 Å². The summed E-state index contributed by atoms with van der Waals surface area (Å²) >= 11 is 5.13. The summed E-state index contributed by atoms with van der Waals surface area (Å²) in [4.78, 5) is 2.17. The topological polar surface area (TPSA) is 27.3 Å². The standard InChI is InChI=1S/C10H19N3S/c1-10(2)7-8(5-6-13(3)4)11-9(14)12-10/h7H,5-6H2,1-4H3,(H2,11,12,14). The van der Waals surface area contributed by atoms with Gasteiger partial charge in [-0.3, -0.25) is 0 Å². The number of nitrogens with one attached hydrogen (secondary N) is 2. The van der Waals surface area contributed by atoms with E-state index in [1.165, 1.54) is 5.70 Å². The summed E-state index contributed by atoms with van der Waals surface area (Å²) in [7, 11) is 4.15. The van der Waals surface area contributed by atoms with Gasteiger partial charge < -0.3 is 15.5 Å². The van der Waals surface area contributed by atoms with Gasteiger partial charge in [0.15, 0.2) is 5.11 Å². The Hall–Kier alpha value is -0.610. The Morgan fingerprint density at radius 2 is 2.07 bits per heavy atom. The first-order valence-corrected chi connectivity index (χ1v) is 5.25. The highest BCUT2D eigenvalue weighted by molar-refractivity contribution is 7.80. The summed E-state index contributed by atoms with van der Waals surface area (Å²) in [6, 6.07) is 0. The molecule has 1 rings (SSSR count). The molecule has 1 aliphatic heterocycles. The molecule has 0 saturated heterocycles. The Morgan fingerprint density at radius 3 is 2.57 bits per heavy atom. The fraction of sp³-hybridized carbons (Fsp3) is 0.700. The van der Waals surface area contributed by atoms with Gasteiger partial charge in [-0.15, -0.1) is 0 Å². The van der Waals surface area contributed by atoms with Crippen molar-refractivity contribution in [3.63, 3.8) is 0 Å². The zero-order valence-corrected chi connectivity index (χ0v) is 10.2. The molecule has 0 aromatic carbocycles. The fourth-order valence-corrected chi connectivity index (χ4v) is 1.85. The number of hydrogen-bond donors (Lipinski definition) is 2. The van der Waals surface area contributed by atoms with E-state index >= 15 is 0 Å². The van der Waals surface area contributed by atoms with E-state index in [2.05, 4.69) is 49.6 Å². The Balaban J connectivity index is 2.59. The van der Waals surface area contributed by atoms with Crippen molar-refractivity contribution < 1.29 is 0 Å². The minimum atomic E-state index is -0.0238. The van der Waals surface area contributed by atoms with E-state index in [1.807, 2.05) is 0 Å². The third-order valence-corrected chi connectivity index (χ3v) is 2.28. The van der Waals surface area contributed by atoms with E-state index < -0.39 is 0 Å². The van der Waals surface area contributed by atoms with Gasteiger partial charge in [0.2, 0.25) is 0 Å². The molecule has 1 aliphatic rings. The Morgan fingerprint density at radius 1 is 1.43 bits per heavy atom. The van der Waals surface area contributed by atoms with Crippen molar-refractivity contribution in [3.8, 4) is 0 Å². The molecule has 0 bridgehead atoms. The summed E-state index contributed by atoms with van der Waals surface area (Å²) in [5, 5.41) is 7.11. The molecule has 80 valence electrons. The van der Waals surface area contributed by atoms with E-state index in [4.69, 9.17) is 12.2 Å². The maximum atomic E-state index is 5.13. The first kappa shape index (κ1) is 11.5. The van der Waals surface area contributed by atoms with Crippen LogP contribution in [-0.2, 0) is 0 Å². The zero-order valence-electron chi connectivity index (χ0n) is 9.35. The van der Waals surface area contributed by atoms with Gasteiger partial charge in [-0.2, -0.15) is 0 Å². The highest BCUT2D eigenvalue weighted by atomic mass is 32.1. The van der Waals surface area contributed by atoms with E-state index in [0.717, 1.165) is 18.1 Å². The lowest BCUT2D eigenvalue weighted by Gasteiger charge is -2.32. The number of hydrogen-bond acceptors (Lipinski definition) is 2. The van der Waals surface area contributed by atoms with Crippen LogP contribution >= 0.6 is 12.2 Å². The molecule has 0 amide bonds. The molecule has 3 nitrogen and oxygen atoms in total. The van der Waals surface area contributed by atoms with Gasteiger partial charge in [-0.05, 0) is 46.2 Å². The maximum Gasteiger partial charge on any atom is 0.171 e. The summed E-state index contributed by atoms with van der Waals surface area (Å²) in [6.07, 6.45) is 3.21. The van der Waals surface area contributed by atoms with Crippen molar-refractivity contribution in [2.75, 3.05) is 20.6 Å². The predicted molar refractivity (Wildman–Crippen MR) is 64.2 cm³/mol. The van der Waals surface area contributed by atoms with Crippen molar-refractivity contribution in [3.05, 3.63) is 11.8 Å². The van der Waals surface area contributed by atoms with Gasteiger partial charge in [0.1, 0.15) is 0 Å². The second-order valence-electron chi connectivity index (χ2n) is 4.52. The van der Waals surface area contributed by atoms with Crippen LogP contribution in [0.15, 0.2) is 11.8 Å². The number of thiocarbonyl (C=S) groups is 1. The van der Waals surface area contributed by atoms with Crippen LogP contribution in [-0.4, -0.2) is 36.2 Å². The molecule has 0 aliphatic carbocycles. The second kappa shape index (κ2) is 4.28. The van der Waals surface area contributed by atoms with E-state index in [9.17, 15) is 0 Å². The third-order valence-electron chi connectivity index (χ3n) is 2.07. The van der Waals surface area contributed by atoms with Gasteiger partial charge in [0.05, 0.1) is 5.54 Å². The van der Waals surface area contributed by atoms with E-state index in [-0.39, 0.29) is 5.54 Å². The van der Waals surface area contributed by atoms with Crippen molar-refractivity contribution in [1.29, 1.82) is 0 Å². The predicted octanol–water partition coefficient (Wildman–Crippen LogP) is 1.08. The zero-order chi connectivity index (χ0) is 10.8. The molecule has 0 fully saturated rings. The Bertz CT molecular complexity index is 256. The highest BCUT2D eigenvalue weighted by Crippen LogP contribution is 2.13. The minimum Gasteiger partial charge on any atom is -0.354 e. The van der Waals surface area contributed by atoms with Crippen molar-refractivity contribution in [2.24, 2.45) is 0 Å². The molecule has 0 atom stereocenters. The van der Waals surface area contributed by atoms with E-state index in [0.29, 0.717) is 0 Å². The van der Waals surface area contributed by atoms with Gasteiger partial charge >= 0.3 is 0 Å². The molecule has 0 unspecified atom stereocenters. The van der Waals surface area contributed by atoms with Gasteiger partial charge in [-0.25, -0.2) is 0 Å². The number of nitrogens with zero attached hydrogens (tertiary/aromatic N) is 1. The third kappa shape index (κ3) is 3.64. The smallest absolute Gasteiger partial charge is 0.171 e. The van der Waals surface area contributed by atoms with Crippen molar-refractivity contribution >= 4 is 17.3 Å². The average Bonchev–Trinajstić information content (AvgIpc) is 1.96. The second-order valence-corrected chi connectivity index (χ2v) is 4.93. The molecular formula is C10H19N3S. The first-order valence-electron chi connectivity index (χ1n) is 4.85. The number of rotatable bonds is 3. The van der Waals surface area contributed by atoms with Gasteiger partial charge in [-0.1, -0.05) is 0 Å². The normalized spacial score (nSPS) is 20.1. The van der Waals surface area contributed by atoms with Crippen LogP contribution in [0.5, 0.6) is 0 Å². The van der Waals surface area contributed by atoms with E-state index in [1.54, 1.807) is 0 Å². The lowest BCUT2D eigenvalue weighted by Crippen LogP contribution is -2.51. The molecule has 0 aromatic rings. The molecule has 14 heavy (non-hydrogen) atoms. The van der Waals surface area contributed by atoms with Crippen molar-refractivity contribution in [2.45, 2.75) is 25.8 Å². The maximum absolute atomic E-state index is 5.13. The van der Waals surface area contributed by atoms with Crippen LogP contribution in [0, 0.1) is 0 Å². The molecule has 0 aromatic heterocycles. The summed E-state index contributed by atoms with van der Waals surface area (Å²) in [6.45, 7) is 5.28. The fourth-order valence-electron chi connectivity index (χ4n) is 1.46. The van der Waals surface area contributed by atoms with Crippen LogP contribution in [0.3, 0.4) is 0 Å². The van der Waals surface area contributed by atoms with Crippen LogP contribution in [0.25, 0.3) is 0 Å². The van der Waals surface area contributed by atoms with Crippen LogP contribution in [0.1, 0.15) is 20.3 Å². The SMILES string of the molecule is CN(C)CCC1=CC(C)(C)NC(=S)N1. The molecular weight excluding hydrogens is 194 g/mol. The van der Waals surface area contributed by atoms with Crippen LogP contribution in [0.4, 0.5) is 0 Å². The minimum absolute atomic E-state index is 0.0238. The van der Waals surface area contributed by atoms with Crippen LogP contribution in [0.2, 0.25) is 0 Å². The lowest BCUT2D eigenvalue weighted by molar-refractivity contribution is 0.407.